The van der Waals surface area contributed by atoms with E-state index in [-0.39, 0.29) is 0 Å². The minimum Gasteiger partial charge on any atom is -0.310 e. The minimum atomic E-state index is 1.15. The monoisotopic (exact) mass is 872 g/mol. The number of rotatable bonds is 7. The zero-order chi connectivity index (χ0) is 47.1. The summed E-state index contributed by atoms with van der Waals surface area (Å²) < 4.78 is 5.04. The molecule has 10 aromatic carbocycles. The van der Waals surface area contributed by atoms with Crippen LogP contribution in [0.2, 0.25) is 0 Å². The van der Waals surface area contributed by atoms with Crippen molar-refractivity contribution in [2.45, 2.75) is 0 Å². The van der Waals surface area contributed by atoms with Gasteiger partial charge in [0.05, 0.1) is 11.0 Å². The van der Waals surface area contributed by atoms with Gasteiger partial charge in [0.2, 0.25) is 0 Å². The van der Waals surface area contributed by atoms with Crippen LogP contribution in [-0.4, -0.2) is 64.1 Å². The van der Waals surface area contributed by atoms with Crippen LogP contribution in [0.25, 0.3) is 111 Å². The highest BCUT2D eigenvalue weighted by atomic mass is 15.0. The zero-order valence-electron chi connectivity index (χ0n) is 40.4. The number of nitrogens with zero attached hydrogens (tertiary/aromatic N) is 2. The molecule has 2 nitrogen and oxygen atoms in total. The molecule has 69 heavy (non-hydrogen) atoms. The Kier molecular flexibility index (Phi) is 10.4. The second-order valence-electron chi connectivity index (χ2n) is 19.1. The fraction of sp³-hybridized carbons (Fsp3) is 0. The van der Waals surface area contributed by atoms with Gasteiger partial charge < -0.3 is 9.13 Å². The van der Waals surface area contributed by atoms with E-state index in [0.29, 0.717) is 0 Å². The lowest BCUT2D eigenvalue weighted by molar-refractivity contribution is 1.18. The Hall–Kier alpha value is -7.75. The summed E-state index contributed by atoms with van der Waals surface area (Å²) in [7, 11) is 16.3. The molecule has 9 heteroatoms. The molecule has 0 amide bonds. The molecular formula is C60H47B7N2. The summed E-state index contributed by atoms with van der Waals surface area (Å²) >= 11 is 0. The number of hydrogen-bond acceptors (Lipinski definition) is 0. The molecule has 2 aromatic heterocycles. The van der Waals surface area contributed by atoms with Crippen LogP contribution >= 0.6 is 0 Å². The van der Waals surface area contributed by atoms with Crippen molar-refractivity contribution >= 4 is 137 Å². The Morgan fingerprint density at radius 1 is 0.261 bits per heavy atom. The molecular weight excluding hydrogens is 824 g/mol. The minimum absolute atomic E-state index is 1.15. The first-order valence-corrected chi connectivity index (χ1v) is 24.3. The van der Waals surface area contributed by atoms with Crippen molar-refractivity contribution in [1.29, 1.82) is 0 Å². The van der Waals surface area contributed by atoms with Crippen LogP contribution in [-0.2, 0) is 0 Å². The van der Waals surface area contributed by atoms with Gasteiger partial charge >= 0.3 is 0 Å². The molecule has 0 saturated carbocycles. The third-order valence-electron chi connectivity index (χ3n) is 15.5. The Morgan fingerprint density at radius 2 is 0.710 bits per heavy atom. The molecule has 12 rings (SSSR count). The Balaban J connectivity index is 1.07. The van der Waals surface area contributed by atoms with Gasteiger partial charge in [0, 0.05) is 38.6 Å². The second-order valence-corrected chi connectivity index (χ2v) is 19.1. The van der Waals surface area contributed by atoms with Crippen LogP contribution in [0.15, 0.2) is 200 Å². The molecule has 12 aromatic rings. The molecule has 0 radical (unpaired) electrons. The number of fused-ring (bicyclic) bond motifs is 6. The highest BCUT2D eigenvalue weighted by Crippen LogP contribution is 2.41. The maximum Gasteiger partial charge on any atom is 0.141 e. The number of benzene rings is 10. The molecule has 318 valence electrons. The van der Waals surface area contributed by atoms with Crippen LogP contribution in [0, 0.1) is 0 Å². The van der Waals surface area contributed by atoms with E-state index in [2.05, 4.69) is 264 Å². The summed E-state index contributed by atoms with van der Waals surface area (Å²) in [5.74, 6) is 0. The summed E-state index contributed by atoms with van der Waals surface area (Å²) in [5, 5.41) is 5.22. The maximum absolute atomic E-state index is 2.58. The normalized spacial score (nSPS) is 11.6. The molecule has 0 aliphatic rings. The fourth-order valence-corrected chi connectivity index (χ4v) is 11.5. The quantitative estimate of drug-likeness (QED) is 0.215. The van der Waals surface area contributed by atoms with E-state index >= 15 is 0 Å². The predicted molar refractivity (Wildman–Crippen MR) is 320 cm³/mol. The summed E-state index contributed by atoms with van der Waals surface area (Å²) in [6.07, 6.45) is 0. The van der Waals surface area contributed by atoms with Crippen LogP contribution < -0.4 is 38.2 Å². The first-order chi connectivity index (χ1) is 33.7. The van der Waals surface area contributed by atoms with E-state index in [1.165, 1.54) is 143 Å². The summed E-state index contributed by atoms with van der Waals surface area (Å²) in [5.41, 5.74) is 29.0. The number of hydrogen-bond donors (Lipinski definition) is 0. The third kappa shape index (κ3) is 6.81. The summed E-state index contributed by atoms with van der Waals surface area (Å²) in [6.45, 7) is 0. The van der Waals surface area contributed by atoms with Crippen LogP contribution in [0.3, 0.4) is 0 Å². The molecule has 0 fully saturated rings. The van der Waals surface area contributed by atoms with Crippen LogP contribution in [0.4, 0.5) is 0 Å². The van der Waals surface area contributed by atoms with E-state index in [0.717, 1.165) is 5.69 Å². The van der Waals surface area contributed by atoms with Gasteiger partial charge in [-0.15, -0.1) is 5.46 Å². The van der Waals surface area contributed by atoms with E-state index < -0.39 is 0 Å². The fourth-order valence-electron chi connectivity index (χ4n) is 11.5. The Morgan fingerprint density at radius 3 is 1.32 bits per heavy atom. The van der Waals surface area contributed by atoms with Gasteiger partial charge in [-0.2, -0.15) is 0 Å². The topological polar surface area (TPSA) is 9.86 Å². The van der Waals surface area contributed by atoms with Crippen molar-refractivity contribution in [3.05, 3.63) is 200 Å². The largest absolute Gasteiger partial charge is 0.310 e. The maximum atomic E-state index is 2.58. The third-order valence-corrected chi connectivity index (χ3v) is 15.5. The second kappa shape index (κ2) is 16.8. The van der Waals surface area contributed by atoms with Crippen molar-refractivity contribution < 1.29 is 0 Å². The SMILES string of the molecule is Bc1c(B)c(B)c2c(c1B)c1c(B)c(-c3ccc4c(c3)c3c(-c5ccccc5)cccc3n4-c3ccc(-c4ccccc4)cc3)c(B)c(B)c1n2-c1ccc(-c2cccc(-c3ccccc3)c2)cc1. The van der Waals surface area contributed by atoms with E-state index in [1.807, 2.05) is 0 Å². The van der Waals surface area contributed by atoms with Gasteiger partial charge in [-0.1, -0.05) is 184 Å². The highest BCUT2D eigenvalue weighted by molar-refractivity contribution is 6.69. The molecule has 0 aliphatic carbocycles. The Bertz CT molecular complexity index is 3990. The molecule has 0 spiro atoms. The van der Waals surface area contributed by atoms with Crippen molar-refractivity contribution in [2.75, 3.05) is 0 Å². The van der Waals surface area contributed by atoms with Gasteiger partial charge in [-0.05, 0) is 110 Å². The lowest BCUT2D eigenvalue weighted by Crippen LogP contribution is -2.48. The van der Waals surface area contributed by atoms with Crippen molar-refractivity contribution in [2.24, 2.45) is 0 Å². The lowest BCUT2D eigenvalue weighted by atomic mass is 9.64. The van der Waals surface area contributed by atoms with E-state index in [9.17, 15) is 0 Å². The molecule has 0 N–H and O–H groups in total. The lowest BCUT2D eigenvalue weighted by Gasteiger charge is -2.19. The zero-order valence-corrected chi connectivity index (χ0v) is 40.4. The first kappa shape index (κ1) is 42.6. The van der Waals surface area contributed by atoms with Crippen LogP contribution in [0.5, 0.6) is 0 Å². The molecule has 0 atom stereocenters. The molecule has 0 bridgehead atoms. The van der Waals surface area contributed by atoms with E-state index in [1.54, 1.807) is 0 Å². The van der Waals surface area contributed by atoms with Gasteiger partial charge in [0.25, 0.3) is 0 Å². The summed E-state index contributed by atoms with van der Waals surface area (Å²) in [4.78, 5) is 0. The van der Waals surface area contributed by atoms with Gasteiger partial charge in [0.15, 0.2) is 0 Å². The van der Waals surface area contributed by atoms with Crippen LogP contribution in [0.1, 0.15) is 0 Å². The predicted octanol–water partition coefficient (Wildman–Crippen LogP) is 4.02. The van der Waals surface area contributed by atoms with Crippen molar-refractivity contribution in [3.8, 4) is 67.0 Å². The Labute approximate surface area is 410 Å². The molecule has 0 saturated heterocycles. The van der Waals surface area contributed by atoms with Crippen molar-refractivity contribution in [1.82, 2.24) is 9.13 Å². The van der Waals surface area contributed by atoms with Gasteiger partial charge in [0.1, 0.15) is 54.9 Å². The van der Waals surface area contributed by atoms with Crippen molar-refractivity contribution in [3.63, 3.8) is 0 Å². The van der Waals surface area contributed by atoms with Gasteiger partial charge in [-0.25, -0.2) is 0 Å². The first-order valence-electron chi connectivity index (χ1n) is 24.3. The van der Waals surface area contributed by atoms with E-state index in [4.69, 9.17) is 0 Å². The summed E-state index contributed by atoms with van der Waals surface area (Å²) in [6, 6.07) is 73.4. The molecule has 0 unspecified atom stereocenters. The number of aromatic nitrogens is 2. The highest BCUT2D eigenvalue weighted by Gasteiger charge is 2.26. The standard InChI is InChI=1S/C60H47B7N2/c61-52-48(41-26-31-46-45(33-41)49-44(38-16-8-3-9-17-38)20-11-21-47(49)68(46)42-27-22-36(23-28-42)34-12-4-1-5-13-34)53(62)57(66)59-50(52)51-54(63)55(64)56(65)58(67)60(51)69(59)43-29-24-37(25-30-43)40-19-10-18-39(32-40)35-14-6-2-7-15-35/h1-33H,61-67H2. The average molecular weight is 872 g/mol. The smallest absolute Gasteiger partial charge is 0.141 e. The van der Waals surface area contributed by atoms with Gasteiger partial charge in [-0.3, -0.25) is 0 Å². The molecule has 0 aliphatic heterocycles. The molecule has 2 heterocycles. The average Bonchev–Trinajstić information content (AvgIpc) is 3.94.